The molecule has 0 spiro atoms. The maximum Gasteiger partial charge on any atom is 0.292 e. The Morgan fingerprint density at radius 3 is 2.72 bits per heavy atom. The normalized spacial score (nSPS) is 11.7. The summed E-state index contributed by atoms with van der Waals surface area (Å²) in [4.78, 5) is 13.7. The smallest absolute Gasteiger partial charge is 0.292 e. The van der Waals surface area contributed by atoms with Gasteiger partial charge in [0.2, 0.25) is 0 Å². The third kappa shape index (κ3) is 3.85. The molecule has 0 aliphatic heterocycles. The quantitative estimate of drug-likeness (QED) is 0.303. The molecular weight excluding hydrogens is 277 g/mol. The van der Waals surface area contributed by atoms with Crippen molar-refractivity contribution < 1.29 is 4.92 Å². The van der Waals surface area contributed by atoms with Gasteiger partial charge >= 0.3 is 0 Å². The molecule has 1 aromatic carbocycles. The van der Waals surface area contributed by atoms with Crippen LogP contribution in [0.25, 0.3) is 0 Å². The standard InChI is InChI=1S/C11H13Cl2N3O2/c1-3-14-11(10(12)13)15-8-5-4-7(2)6-9(8)16(17)18/h4-6,10H,3H2,1-2H3,(H,14,15). The van der Waals surface area contributed by atoms with Gasteiger partial charge in [0.1, 0.15) is 11.5 Å². The van der Waals surface area contributed by atoms with E-state index in [0.717, 1.165) is 5.56 Å². The molecule has 5 nitrogen and oxygen atoms in total. The number of hydrogen-bond donors (Lipinski definition) is 1. The minimum absolute atomic E-state index is 0.0345. The van der Waals surface area contributed by atoms with Crippen molar-refractivity contribution in [2.24, 2.45) is 4.99 Å². The van der Waals surface area contributed by atoms with Crippen LogP contribution in [0.4, 0.5) is 11.4 Å². The highest BCUT2D eigenvalue weighted by molar-refractivity contribution is 6.55. The molecule has 1 aromatic rings. The second-order valence-corrected chi connectivity index (χ2v) is 4.66. The molecule has 0 radical (unpaired) electrons. The van der Waals surface area contributed by atoms with Gasteiger partial charge in [0.25, 0.3) is 5.69 Å². The summed E-state index contributed by atoms with van der Waals surface area (Å²) in [5.74, 6) is 0.299. The molecule has 0 saturated heterocycles. The molecule has 0 bridgehead atoms. The van der Waals surface area contributed by atoms with E-state index in [2.05, 4.69) is 10.3 Å². The van der Waals surface area contributed by atoms with Crippen molar-refractivity contribution in [3.8, 4) is 0 Å². The van der Waals surface area contributed by atoms with Gasteiger partial charge in [0.15, 0.2) is 4.84 Å². The molecule has 1 rings (SSSR count). The predicted octanol–water partition coefficient (Wildman–Crippen LogP) is 3.54. The molecule has 0 aliphatic rings. The zero-order valence-electron chi connectivity index (χ0n) is 9.98. The van der Waals surface area contributed by atoms with Crippen LogP contribution >= 0.6 is 23.2 Å². The minimum Gasteiger partial charge on any atom is -0.336 e. The summed E-state index contributed by atoms with van der Waals surface area (Å²) in [7, 11) is 0. The highest BCUT2D eigenvalue weighted by Crippen LogP contribution is 2.26. The topological polar surface area (TPSA) is 67.5 Å². The van der Waals surface area contributed by atoms with Crippen LogP contribution in [0, 0.1) is 17.0 Å². The maximum atomic E-state index is 10.9. The van der Waals surface area contributed by atoms with Gasteiger partial charge in [-0.1, -0.05) is 29.3 Å². The first-order chi connectivity index (χ1) is 8.45. The van der Waals surface area contributed by atoms with E-state index in [1.165, 1.54) is 6.07 Å². The zero-order chi connectivity index (χ0) is 13.7. The monoisotopic (exact) mass is 289 g/mol. The number of anilines is 1. The molecule has 0 unspecified atom stereocenters. The summed E-state index contributed by atoms with van der Waals surface area (Å²) in [5.41, 5.74) is 1.09. The molecule has 0 aromatic heterocycles. The Kier molecular flexibility index (Phi) is 5.37. The van der Waals surface area contributed by atoms with Gasteiger partial charge in [0.05, 0.1) is 4.92 Å². The third-order valence-electron chi connectivity index (χ3n) is 2.15. The second-order valence-electron chi connectivity index (χ2n) is 3.56. The molecule has 0 aliphatic carbocycles. The van der Waals surface area contributed by atoms with Crippen molar-refractivity contribution >= 4 is 40.4 Å². The average molecular weight is 290 g/mol. The lowest BCUT2D eigenvalue weighted by Crippen LogP contribution is -2.20. The summed E-state index contributed by atoms with van der Waals surface area (Å²) in [6, 6.07) is 4.84. The van der Waals surface area contributed by atoms with E-state index in [4.69, 9.17) is 23.2 Å². The van der Waals surface area contributed by atoms with Gasteiger partial charge in [-0.25, -0.2) is 0 Å². The number of nitro groups is 1. The molecule has 18 heavy (non-hydrogen) atoms. The first kappa shape index (κ1) is 14.7. The van der Waals surface area contributed by atoms with Crippen molar-refractivity contribution in [2.45, 2.75) is 18.7 Å². The van der Waals surface area contributed by atoms with Crippen molar-refractivity contribution in [3.63, 3.8) is 0 Å². The Morgan fingerprint density at radius 1 is 1.56 bits per heavy atom. The van der Waals surface area contributed by atoms with Gasteiger partial charge in [0, 0.05) is 12.6 Å². The fourth-order valence-corrected chi connectivity index (χ4v) is 1.62. The van der Waals surface area contributed by atoms with Crippen molar-refractivity contribution in [3.05, 3.63) is 33.9 Å². The molecule has 0 atom stereocenters. The van der Waals surface area contributed by atoms with Crippen molar-refractivity contribution in [2.75, 3.05) is 11.9 Å². The number of benzene rings is 1. The number of aliphatic imine (C=N–C) groups is 1. The molecule has 0 saturated carbocycles. The van der Waals surface area contributed by atoms with E-state index < -0.39 is 9.76 Å². The number of rotatable bonds is 4. The second kappa shape index (κ2) is 6.56. The number of amidine groups is 1. The SMILES string of the molecule is CCN=C(Nc1ccc(C)cc1[N+](=O)[O-])C(Cl)Cl. The van der Waals surface area contributed by atoms with Gasteiger partial charge in [-0.3, -0.25) is 15.1 Å². The number of nitrogens with zero attached hydrogens (tertiary/aromatic N) is 2. The Labute approximate surface area is 115 Å². The first-order valence-electron chi connectivity index (χ1n) is 5.30. The highest BCUT2D eigenvalue weighted by atomic mass is 35.5. The van der Waals surface area contributed by atoms with Gasteiger partial charge in [-0.05, 0) is 25.5 Å². The average Bonchev–Trinajstić information content (AvgIpc) is 2.30. The van der Waals surface area contributed by atoms with Crippen LogP contribution in [0.3, 0.4) is 0 Å². The Balaban J connectivity index is 3.10. The summed E-state index contributed by atoms with van der Waals surface area (Å²) >= 11 is 11.5. The van der Waals surface area contributed by atoms with Gasteiger partial charge in [-0.15, -0.1) is 0 Å². The molecular formula is C11H13Cl2N3O2. The van der Waals surface area contributed by atoms with Crippen LogP contribution in [-0.4, -0.2) is 22.1 Å². The van der Waals surface area contributed by atoms with Crippen LogP contribution in [0.15, 0.2) is 23.2 Å². The lowest BCUT2D eigenvalue weighted by atomic mass is 10.2. The number of nitro benzene ring substituents is 1. The van der Waals surface area contributed by atoms with Crippen LogP contribution in [0.2, 0.25) is 0 Å². The summed E-state index contributed by atoms with van der Waals surface area (Å²) in [6.45, 7) is 4.09. The van der Waals surface area contributed by atoms with Crippen molar-refractivity contribution in [1.29, 1.82) is 0 Å². The highest BCUT2D eigenvalue weighted by Gasteiger charge is 2.17. The number of halogens is 2. The van der Waals surface area contributed by atoms with Crippen LogP contribution in [0.5, 0.6) is 0 Å². The minimum atomic E-state index is -0.856. The van der Waals surface area contributed by atoms with Gasteiger partial charge in [-0.2, -0.15) is 0 Å². The molecule has 0 heterocycles. The predicted molar refractivity (Wildman–Crippen MR) is 74.9 cm³/mol. The Hall–Kier alpha value is -1.33. The van der Waals surface area contributed by atoms with Crippen LogP contribution in [-0.2, 0) is 0 Å². The number of aryl methyl sites for hydroxylation is 1. The van der Waals surface area contributed by atoms with E-state index in [1.54, 1.807) is 19.1 Å². The van der Waals surface area contributed by atoms with E-state index in [1.807, 2.05) is 6.92 Å². The van der Waals surface area contributed by atoms with Crippen LogP contribution < -0.4 is 5.32 Å². The maximum absolute atomic E-state index is 10.9. The number of alkyl halides is 2. The first-order valence-corrected chi connectivity index (χ1v) is 6.17. The lowest BCUT2D eigenvalue weighted by Gasteiger charge is -2.11. The van der Waals surface area contributed by atoms with E-state index in [0.29, 0.717) is 18.1 Å². The summed E-state index contributed by atoms with van der Waals surface area (Å²) < 4.78 is 0. The van der Waals surface area contributed by atoms with Crippen molar-refractivity contribution in [1.82, 2.24) is 0 Å². The molecule has 7 heteroatoms. The third-order valence-corrected chi connectivity index (χ3v) is 2.56. The molecule has 0 fully saturated rings. The fourth-order valence-electron chi connectivity index (χ4n) is 1.37. The molecule has 1 N–H and O–H groups in total. The zero-order valence-corrected chi connectivity index (χ0v) is 11.5. The number of hydrogen-bond acceptors (Lipinski definition) is 3. The van der Waals surface area contributed by atoms with E-state index >= 15 is 0 Å². The number of nitrogens with one attached hydrogen (secondary N) is 1. The summed E-state index contributed by atoms with van der Waals surface area (Å²) in [5, 5.41) is 13.7. The fraction of sp³-hybridized carbons (Fsp3) is 0.364. The Morgan fingerprint density at radius 2 is 2.22 bits per heavy atom. The van der Waals surface area contributed by atoms with E-state index in [-0.39, 0.29) is 5.69 Å². The van der Waals surface area contributed by atoms with E-state index in [9.17, 15) is 10.1 Å². The van der Waals surface area contributed by atoms with Gasteiger partial charge < -0.3 is 5.32 Å². The largest absolute Gasteiger partial charge is 0.336 e. The van der Waals surface area contributed by atoms with Crippen LogP contribution in [0.1, 0.15) is 12.5 Å². The Bertz CT molecular complexity index is 475. The lowest BCUT2D eigenvalue weighted by molar-refractivity contribution is -0.383. The summed E-state index contributed by atoms with van der Waals surface area (Å²) in [6.07, 6.45) is 0. The molecule has 98 valence electrons. The molecule has 0 amide bonds.